The van der Waals surface area contributed by atoms with Gasteiger partial charge in [0.1, 0.15) is 0 Å². The van der Waals surface area contributed by atoms with Gasteiger partial charge >= 0.3 is 0 Å². The van der Waals surface area contributed by atoms with E-state index in [2.05, 4.69) is 16.0 Å². The lowest BCUT2D eigenvalue weighted by atomic mass is 10.1. The van der Waals surface area contributed by atoms with Gasteiger partial charge in [0.05, 0.1) is 30.0 Å². The largest absolute Gasteiger partial charge is 0.378 e. The third-order valence-electron chi connectivity index (χ3n) is 3.76. The second-order valence-electron chi connectivity index (χ2n) is 5.63. The van der Waals surface area contributed by atoms with Gasteiger partial charge in [-0.3, -0.25) is 0 Å². The van der Waals surface area contributed by atoms with Crippen molar-refractivity contribution in [3.63, 3.8) is 0 Å². The van der Waals surface area contributed by atoms with Crippen LogP contribution in [0.5, 0.6) is 0 Å². The third-order valence-corrected chi connectivity index (χ3v) is 3.76. The van der Waals surface area contributed by atoms with E-state index in [0.29, 0.717) is 12.1 Å². The maximum Gasteiger partial charge on any atom is 0.0966 e. The number of hydrogen-bond donors (Lipinski definition) is 0. The molecule has 3 aromatic rings. The van der Waals surface area contributed by atoms with Gasteiger partial charge < -0.3 is 9.47 Å². The Morgan fingerprint density at radius 3 is 2.61 bits per heavy atom. The minimum absolute atomic E-state index is 0.520. The van der Waals surface area contributed by atoms with E-state index in [1.807, 2.05) is 73.3 Å². The van der Waals surface area contributed by atoms with E-state index in [4.69, 9.17) is 0 Å². The Bertz CT molecular complexity index is 880. The van der Waals surface area contributed by atoms with Crippen molar-refractivity contribution in [2.75, 3.05) is 19.0 Å². The van der Waals surface area contributed by atoms with Crippen LogP contribution in [0.2, 0.25) is 0 Å². The summed E-state index contributed by atoms with van der Waals surface area (Å²) in [6, 6.07) is 18.4. The fourth-order valence-electron chi connectivity index (χ4n) is 2.50. The highest BCUT2D eigenvalue weighted by molar-refractivity contribution is 5.75. The topological polar surface area (TPSA) is 44.9 Å². The van der Waals surface area contributed by atoms with Crippen LogP contribution in [0.15, 0.2) is 60.4 Å². The third kappa shape index (κ3) is 3.24. The highest BCUT2D eigenvalue weighted by Crippen LogP contribution is 2.17. The summed E-state index contributed by atoms with van der Waals surface area (Å²) in [5.41, 5.74) is 4.85. The number of fused-ring (bicyclic) bond motifs is 1. The quantitative estimate of drug-likeness (QED) is 0.690. The molecule has 1 aromatic heterocycles. The number of nitrogens with zero attached hydrogens (tertiary/aromatic N) is 4. The van der Waals surface area contributed by atoms with Gasteiger partial charge in [-0.15, -0.1) is 0 Å². The van der Waals surface area contributed by atoms with Gasteiger partial charge in [-0.2, -0.15) is 5.26 Å². The highest BCUT2D eigenvalue weighted by Gasteiger charge is 2.04. The Hall–Kier alpha value is -3.06. The van der Waals surface area contributed by atoms with Crippen LogP contribution < -0.4 is 4.90 Å². The molecule has 114 valence electrons. The molecule has 0 fully saturated rings. The van der Waals surface area contributed by atoms with Crippen LogP contribution in [0.1, 0.15) is 5.56 Å². The van der Waals surface area contributed by atoms with Crippen LogP contribution in [0.4, 0.5) is 5.69 Å². The molecule has 0 unspecified atom stereocenters. The fraction of sp³-hybridized carbons (Fsp3) is 0.158. The van der Waals surface area contributed by atoms with Crippen LogP contribution in [-0.4, -0.2) is 23.6 Å². The van der Waals surface area contributed by atoms with Gasteiger partial charge in [0.2, 0.25) is 0 Å². The summed E-state index contributed by atoms with van der Waals surface area (Å²) in [5, 5.41) is 9.44. The molecule has 0 aliphatic carbocycles. The fourth-order valence-corrected chi connectivity index (χ4v) is 2.50. The van der Waals surface area contributed by atoms with Gasteiger partial charge in [0.25, 0.3) is 0 Å². The number of anilines is 1. The number of para-hydroxylation sites is 2. The van der Waals surface area contributed by atoms with E-state index in [9.17, 15) is 5.26 Å². The van der Waals surface area contributed by atoms with E-state index in [0.717, 1.165) is 22.3 Å². The van der Waals surface area contributed by atoms with E-state index in [1.165, 1.54) is 0 Å². The monoisotopic (exact) mass is 302 g/mol. The molecule has 0 N–H and O–H groups in total. The van der Waals surface area contributed by atoms with E-state index in [-0.39, 0.29) is 0 Å². The smallest absolute Gasteiger partial charge is 0.0966 e. The molecule has 0 saturated heterocycles. The first-order valence-electron chi connectivity index (χ1n) is 7.45. The number of hydrogen-bond acceptors (Lipinski definition) is 3. The summed E-state index contributed by atoms with van der Waals surface area (Å²) in [4.78, 5) is 6.42. The first-order valence-corrected chi connectivity index (χ1v) is 7.45. The van der Waals surface area contributed by atoms with Crippen molar-refractivity contribution in [3.8, 4) is 6.07 Å². The van der Waals surface area contributed by atoms with E-state index in [1.54, 1.807) is 6.33 Å². The molecule has 0 amide bonds. The molecule has 4 heteroatoms. The molecule has 2 aromatic carbocycles. The number of nitriles is 1. The number of allylic oxidation sites excluding steroid dienone is 1. The second kappa shape index (κ2) is 6.37. The van der Waals surface area contributed by atoms with Gasteiger partial charge in [-0.05, 0) is 35.9 Å². The van der Waals surface area contributed by atoms with Crippen LogP contribution >= 0.6 is 0 Å². The molecule has 1 heterocycles. The second-order valence-corrected chi connectivity index (χ2v) is 5.63. The zero-order valence-electron chi connectivity index (χ0n) is 13.3. The summed E-state index contributed by atoms with van der Waals surface area (Å²) in [5.74, 6) is 0. The lowest BCUT2D eigenvalue weighted by Crippen LogP contribution is -2.07. The van der Waals surface area contributed by atoms with Crippen LogP contribution in [0, 0.1) is 11.3 Å². The molecule has 3 rings (SSSR count). The van der Waals surface area contributed by atoms with Gasteiger partial charge in [0, 0.05) is 25.4 Å². The van der Waals surface area contributed by atoms with E-state index >= 15 is 0 Å². The summed E-state index contributed by atoms with van der Waals surface area (Å²) in [6.45, 7) is 0.520. The molecule has 23 heavy (non-hydrogen) atoms. The average Bonchev–Trinajstić information content (AvgIpc) is 2.98. The summed E-state index contributed by atoms with van der Waals surface area (Å²) >= 11 is 0. The maximum absolute atomic E-state index is 9.44. The SMILES string of the molecule is CN(C)c1ccc(/C=C(/C#N)Cn2cnc3ccccc32)cc1. The lowest BCUT2D eigenvalue weighted by Gasteiger charge is -2.12. The molecule has 0 saturated carbocycles. The number of aromatic nitrogens is 2. The van der Waals surface area contributed by atoms with Gasteiger partial charge in [0.15, 0.2) is 0 Å². The Balaban J connectivity index is 1.86. The lowest BCUT2D eigenvalue weighted by molar-refractivity contribution is 0.830. The van der Waals surface area contributed by atoms with Crippen molar-refractivity contribution in [1.82, 2.24) is 9.55 Å². The van der Waals surface area contributed by atoms with Crippen LogP contribution in [0.3, 0.4) is 0 Å². The zero-order valence-corrected chi connectivity index (χ0v) is 13.3. The molecular weight excluding hydrogens is 284 g/mol. The van der Waals surface area contributed by atoms with Crippen molar-refractivity contribution in [1.29, 1.82) is 5.26 Å². The molecule has 0 spiro atoms. The molecule has 0 aliphatic rings. The predicted octanol–water partition coefficient (Wildman–Crippen LogP) is 3.71. The van der Waals surface area contributed by atoms with Crippen molar-refractivity contribution in [2.45, 2.75) is 6.54 Å². The first-order chi connectivity index (χ1) is 11.2. The number of rotatable bonds is 4. The van der Waals surface area contributed by atoms with Gasteiger partial charge in [-0.25, -0.2) is 4.98 Å². The highest BCUT2D eigenvalue weighted by atomic mass is 15.1. The minimum atomic E-state index is 0.520. The summed E-state index contributed by atoms with van der Waals surface area (Å²) in [6.07, 6.45) is 3.71. The molecule has 0 atom stereocenters. The van der Waals surface area contributed by atoms with Gasteiger partial charge in [-0.1, -0.05) is 24.3 Å². The normalized spacial score (nSPS) is 11.4. The Morgan fingerprint density at radius 2 is 1.91 bits per heavy atom. The average molecular weight is 302 g/mol. The maximum atomic E-state index is 9.44. The summed E-state index contributed by atoms with van der Waals surface area (Å²) in [7, 11) is 4.02. The molecule has 0 radical (unpaired) electrons. The van der Waals surface area contributed by atoms with Crippen molar-refractivity contribution in [2.24, 2.45) is 0 Å². The van der Waals surface area contributed by atoms with Crippen LogP contribution in [-0.2, 0) is 6.54 Å². The number of benzene rings is 2. The van der Waals surface area contributed by atoms with Crippen LogP contribution in [0.25, 0.3) is 17.1 Å². The zero-order chi connectivity index (χ0) is 16.2. The predicted molar refractivity (Wildman–Crippen MR) is 94.1 cm³/mol. The summed E-state index contributed by atoms with van der Waals surface area (Å²) < 4.78 is 2.00. The van der Waals surface area contributed by atoms with Crippen molar-refractivity contribution < 1.29 is 0 Å². The van der Waals surface area contributed by atoms with Crippen molar-refractivity contribution >= 4 is 22.8 Å². The molecule has 0 aliphatic heterocycles. The van der Waals surface area contributed by atoms with Crippen molar-refractivity contribution in [3.05, 3.63) is 66.0 Å². The molecule has 0 bridgehead atoms. The standard InChI is InChI=1S/C19H18N4/c1-22(2)17-9-7-15(8-10-17)11-16(12-20)13-23-14-21-18-5-3-4-6-19(18)23/h3-11,14H,13H2,1-2H3/b16-11-. The number of imidazole rings is 1. The Labute approximate surface area is 135 Å². The first kappa shape index (κ1) is 14.9. The van der Waals surface area contributed by atoms with E-state index < -0.39 is 0 Å². The molecular formula is C19H18N4. The Kier molecular flexibility index (Phi) is 4.11. The molecule has 4 nitrogen and oxygen atoms in total. The minimum Gasteiger partial charge on any atom is -0.378 e. The Morgan fingerprint density at radius 1 is 1.17 bits per heavy atom.